The number of aromatic nitrogens is 1. The van der Waals surface area contributed by atoms with Crippen LogP contribution in [0.3, 0.4) is 0 Å². The van der Waals surface area contributed by atoms with Gasteiger partial charge in [0.15, 0.2) is 5.75 Å². The summed E-state index contributed by atoms with van der Waals surface area (Å²) < 4.78 is 45.9. The molecule has 5 rings (SSSR count). The molecule has 2 aliphatic heterocycles. The number of pyridine rings is 1. The number of fused-ring (bicyclic) bond motifs is 2. The summed E-state index contributed by atoms with van der Waals surface area (Å²) in [7, 11) is 0. The Bertz CT molecular complexity index is 1320. The number of carbonyl (C=O) groups excluding carboxylic acids is 2. The molecular formula is C24H18ClF3N4O3. The Kier molecular flexibility index (Phi) is 5.76. The molecule has 0 spiro atoms. The lowest BCUT2D eigenvalue weighted by molar-refractivity contribution is -0.138. The van der Waals surface area contributed by atoms with E-state index in [4.69, 9.17) is 16.3 Å². The molecule has 2 aromatic carbocycles. The highest BCUT2D eigenvalue weighted by molar-refractivity contribution is 6.31. The van der Waals surface area contributed by atoms with Gasteiger partial charge >= 0.3 is 6.18 Å². The lowest BCUT2D eigenvalue weighted by atomic mass is 10.1. The van der Waals surface area contributed by atoms with E-state index in [1.807, 2.05) is 4.90 Å². The first-order valence-corrected chi connectivity index (χ1v) is 11.1. The maximum absolute atomic E-state index is 13.3. The Morgan fingerprint density at radius 2 is 1.77 bits per heavy atom. The maximum atomic E-state index is 13.3. The number of amides is 2. The fourth-order valence-corrected chi connectivity index (χ4v) is 4.24. The molecule has 7 nitrogen and oxygen atoms in total. The molecule has 1 fully saturated rings. The summed E-state index contributed by atoms with van der Waals surface area (Å²) >= 11 is 6.01. The highest BCUT2D eigenvalue weighted by Gasteiger charge is 2.36. The summed E-state index contributed by atoms with van der Waals surface area (Å²) in [5.74, 6) is -0.0121. The Morgan fingerprint density at radius 1 is 1.03 bits per heavy atom. The molecule has 3 aromatic rings. The Morgan fingerprint density at radius 3 is 2.51 bits per heavy atom. The first-order valence-electron chi connectivity index (χ1n) is 10.7. The minimum Gasteiger partial charge on any atom is -0.436 e. The van der Waals surface area contributed by atoms with Gasteiger partial charge in [-0.1, -0.05) is 23.7 Å². The van der Waals surface area contributed by atoms with Gasteiger partial charge in [0.1, 0.15) is 11.4 Å². The molecule has 3 heterocycles. The van der Waals surface area contributed by atoms with Crippen LogP contribution in [0.4, 0.5) is 24.7 Å². The van der Waals surface area contributed by atoms with Crippen molar-refractivity contribution in [1.82, 2.24) is 9.88 Å². The lowest BCUT2D eigenvalue weighted by Gasteiger charge is -2.36. The van der Waals surface area contributed by atoms with Crippen LogP contribution in [-0.4, -0.2) is 47.9 Å². The fourth-order valence-electron chi connectivity index (χ4n) is 4.07. The highest BCUT2D eigenvalue weighted by Crippen LogP contribution is 2.37. The summed E-state index contributed by atoms with van der Waals surface area (Å²) in [6.45, 7) is 1.13. The number of hydrogen-bond donors (Lipinski definition) is 1. The zero-order valence-electron chi connectivity index (χ0n) is 18.1. The van der Waals surface area contributed by atoms with Crippen molar-refractivity contribution in [3.63, 3.8) is 0 Å². The number of ether oxygens (including phenoxy) is 1. The van der Waals surface area contributed by atoms with Crippen molar-refractivity contribution < 1.29 is 27.5 Å². The van der Waals surface area contributed by atoms with Gasteiger partial charge in [0.25, 0.3) is 11.8 Å². The third kappa shape index (κ3) is 4.49. The van der Waals surface area contributed by atoms with Crippen molar-refractivity contribution in [2.24, 2.45) is 0 Å². The molecule has 0 radical (unpaired) electrons. The van der Waals surface area contributed by atoms with E-state index < -0.39 is 17.6 Å². The number of anilines is 2. The van der Waals surface area contributed by atoms with Crippen LogP contribution in [-0.2, 0) is 6.18 Å². The number of halogens is 4. The molecule has 1 N–H and O–H groups in total. The average Bonchev–Trinajstić information content (AvgIpc) is 2.98. The highest BCUT2D eigenvalue weighted by atomic mass is 35.5. The van der Waals surface area contributed by atoms with E-state index in [1.54, 1.807) is 30.3 Å². The number of hydrogen-bond acceptors (Lipinski definition) is 5. The number of nitrogens with one attached hydrogen (secondary N) is 1. The smallest absolute Gasteiger partial charge is 0.417 e. The van der Waals surface area contributed by atoms with Crippen LogP contribution in [0.25, 0.3) is 0 Å². The maximum Gasteiger partial charge on any atom is 0.417 e. The summed E-state index contributed by atoms with van der Waals surface area (Å²) in [5, 5.41) is 3.18. The van der Waals surface area contributed by atoms with Gasteiger partial charge in [-0.05, 0) is 42.5 Å². The van der Waals surface area contributed by atoms with Crippen LogP contribution in [0.15, 0.2) is 54.6 Å². The first-order chi connectivity index (χ1) is 16.7. The Hall–Kier alpha value is -3.79. The third-order valence-electron chi connectivity index (χ3n) is 5.84. The van der Waals surface area contributed by atoms with E-state index >= 15 is 0 Å². The second-order valence-corrected chi connectivity index (χ2v) is 8.48. The van der Waals surface area contributed by atoms with E-state index in [9.17, 15) is 22.8 Å². The van der Waals surface area contributed by atoms with Gasteiger partial charge in [-0.15, -0.1) is 0 Å². The van der Waals surface area contributed by atoms with Gasteiger partial charge in [0.2, 0.25) is 5.88 Å². The SMILES string of the molecule is O=C1Nc2cc(Cl)ccc2Oc2nc(N3CCN(C(=O)c4ccccc4C(F)(F)F)CC3)ccc21. The molecule has 180 valence electrons. The van der Waals surface area contributed by atoms with Crippen molar-refractivity contribution in [3.05, 3.63) is 76.3 Å². The van der Waals surface area contributed by atoms with Gasteiger partial charge in [-0.2, -0.15) is 18.2 Å². The van der Waals surface area contributed by atoms with Gasteiger partial charge in [-0.25, -0.2) is 0 Å². The number of alkyl halides is 3. The van der Waals surface area contributed by atoms with E-state index in [-0.39, 0.29) is 36.0 Å². The predicted octanol–water partition coefficient (Wildman–Crippen LogP) is 5.07. The van der Waals surface area contributed by atoms with Crippen LogP contribution in [0.2, 0.25) is 5.02 Å². The van der Waals surface area contributed by atoms with Gasteiger partial charge in [-0.3, -0.25) is 9.59 Å². The fraction of sp³-hybridized carbons (Fsp3) is 0.208. The Labute approximate surface area is 203 Å². The molecule has 2 aliphatic rings. The largest absolute Gasteiger partial charge is 0.436 e. The predicted molar refractivity (Wildman–Crippen MR) is 123 cm³/mol. The number of carbonyl (C=O) groups is 2. The summed E-state index contributed by atoms with van der Waals surface area (Å²) in [4.78, 5) is 33.2. The second-order valence-electron chi connectivity index (χ2n) is 8.04. The first kappa shape index (κ1) is 23.0. The van der Waals surface area contributed by atoms with E-state index in [2.05, 4.69) is 10.3 Å². The molecule has 2 amide bonds. The number of piperazine rings is 1. The van der Waals surface area contributed by atoms with E-state index in [0.29, 0.717) is 35.4 Å². The van der Waals surface area contributed by atoms with Gasteiger partial charge in [0, 0.05) is 31.2 Å². The summed E-state index contributed by atoms with van der Waals surface area (Å²) in [5.41, 5.74) is -0.640. The monoisotopic (exact) mass is 502 g/mol. The Balaban J connectivity index is 1.33. The normalized spacial score (nSPS) is 15.5. The van der Waals surface area contributed by atoms with E-state index in [0.717, 1.165) is 6.07 Å². The van der Waals surface area contributed by atoms with Gasteiger partial charge in [0.05, 0.1) is 16.8 Å². The molecule has 0 unspecified atom stereocenters. The second kappa shape index (κ2) is 8.77. The van der Waals surface area contributed by atoms with Gasteiger partial charge < -0.3 is 19.9 Å². The molecule has 1 saturated heterocycles. The van der Waals surface area contributed by atoms with Crippen molar-refractivity contribution in [2.45, 2.75) is 6.18 Å². The van der Waals surface area contributed by atoms with Crippen molar-refractivity contribution in [1.29, 1.82) is 0 Å². The summed E-state index contributed by atoms with van der Waals surface area (Å²) in [6, 6.07) is 12.9. The van der Waals surface area contributed by atoms with Crippen molar-refractivity contribution >= 4 is 34.9 Å². The standard InChI is InChI=1S/C24H18ClF3N4O3/c25-14-5-7-19-18(13-14)29-21(33)16-6-8-20(30-22(16)35-19)31-9-11-32(12-10-31)23(34)15-3-1-2-4-17(15)24(26,27)28/h1-8,13H,9-12H2,(H,29,33). The zero-order valence-corrected chi connectivity index (χ0v) is 18.9. The third-order valence-corrected chi connectivity index (χ3v) is 6.08. The summed E-state index contributed by atoms with van der Waals surface area (Å²) in [6.07, 6.45) is -4.61. The quantitative estimate of drug-likeness (QED) is 0.529. The van der Waals surface area contributed by atoms with Crippen molar-refractivity contribution in [3.8, 4) is 11.6 Å². The number of rotatable bonds is 2. The van der Waals surface area contributed by atoms with E-state index in [1.165, 1.54) is 23.1 Å². The number of benzene rings is 2. The molecule has 0 saturated carbocycles. The average molecular weight is 503 g/mol. The minimum absolute atomic E-state index is 0.124. The van der Waals surface area contributed by atoms with Crippen LogP contribution in [0.5, 0.6) is 11.6 Å². The topological polar surface area (TPSA) is 74.8 Å². The molecule has 1 aromatic heterocycles. The molecule has 11 heteroatoms. The number of nitrogens with zero attached hydrogens (tertiary/aromatic N) is 3. The molecular weight excluding hydrogens is 485 g/mol. The lowest BCUT2D eigenvalue weighted by Crippen LogP contribution is -2.49. The molecule has 35 heavy (non-hydrogen) atoms. The molecule has 0 bridgehead atoms. The molecule has 0 aliphatic carbocycles. The van der Waals surface area contributed by atoms with Crippen molar-refractivity contribution in [2.75, 3.05) is 36.4 Å². The minimum atomic E-state index is -4.61. The van der Waals surface area contributed by atoms with Crippen LogP contribution < -0.4 is 15.0 Å². The van der Waals surface area contributed by atoms with Crippen LogP contribution in [0, 0.1) is 0 Å². The zero-order chi connectivity index (χ0) is 24.7. The van der Waals surface area contributed by atoms with Crippen LogP contribution in [0.1, 0.15) is 26.3 Å². The molecule has 0 atom stereocenters. The van der Waals surface area contributed by atoms with Crippen LogP contribution >= 0.6 is 11.6 Å².